The smallest absolute Gasteiger partial charge is 0.123 e. The Kier molecular flexibility index (Phi) is 3.54. The molecule has 2 bridgehead atoms. The highest BCUT2D eigenvalue weighted by molar-refractivity contribution is 9.08. The second-order valence-electron chi connectivity index (χ2n) is 11.5. The standard InChI is InChI=1S/C25H35BrO/c1-6-22-10-16-11-24(15-23(7-2,14-22)25(22,24)12-16)19-9-18(21(3,4)5)8-17(13-26)20(19)27/h8-9,16,27H,6-7,10-15H2,1-5H3. The van der Waals surface area contributed by atoms with E-state index in [0.717, 1.165) is 16.8 Å². The molecule has 5 rings (SSSR count). The van der Waals surface area contributed by atoms with E-state index in [4.69, 9.17) is 0 Å². The molecule has 0 aliphatic heterocycles. The average molecular weight is 431 g/mol. The van der Waals surface area contributed by atoms with Crippen LogP contribution >= 0.6 is 15.9 Å². The van der Waals surface area contributed by atoms with Crippen LogP contribution in [0.15, 0.2) is 12.1 Å². The van der Waals surface area contributed by atoms with E-state index in [-0.39, 0.29) is 10.8 Å². The van der Waals surface area contributed by atoms with Gasteiger partial charge in [0.2, 0.25) is 0 Å². The average Bonchev–Trinajstić information content (AvgIpc) is 3.07. The molecule has 1 aromatic rings. The third-order valence-electron chi connectivity index (χ3n) is 9.92. The zero-order valence-electron chi connectivity index (χ0n) is 17.7. The third-order valence-corrected chi connectivity index (χ3v) is 10.5. The van der Waals surface area contributed by atoms with Crippen LogP contribution in [-0.4, -0.2) is 5.11 Å². The van der Waals surface area contributed by atoms with Crippen molar-refractivity contribution in [3.05, 3.63) is 28.8 Å². The van der Waals surface area contributed by atoms with Crippen LogP contribution in [0, 0.1) is 22.2 Å². The molecule has 4 aliphatic carbocycles. The highest BCUT2D eigenvalue weighted by Gasteiger charge is 2.91. The van der Waals surface area contributed by atoms with Gasteiger partial charge < -0.3 is 5.11 Å². The van der Waals surface area contributed by atoms with Crippen LogP contribution < -0.4 is 0 Å². The normalized spacial score (nSPS) is 44.0. The van der Waals surface area contributed by atoms with Crippen molar-refractivity contribution in [1.29, 1.82) is 0 Å². The highest BCUT2D eigenvalue weighted by atomic mass is 79.9. The maximum absolute atomic E-state index is 11.4. The summed E-state index contributed by atoms with van der Waals surface area (Å²) < 4.78 is 0. The molecule has 1 N–H and O–H groups in total. The molecule has 27 heavy (non-hydrogen) atoms. The maximum atomic E-state index is 11.4. The van der Waals surface area contributed by atoms with Crippen LogP contribution in [0.5, 0.6) is 5.75 Å². The summed E-state index contributed by atoms with van der Waals surface area (Å²) in [7, 11) is 0. The van der Waals surface area contributed by atoms with Crippen molar-refractivity contribution < 1.29 is 5.11 Å². The van der Waals surface area contributed by atoms with E-state index in [9.17, 15) is 5.11 Å². The summed E-state index contributed by atoms with van der Waals surface area (Å²) >= 11 is 3.65. The SMILES string of the molecule is CCC12CC3CC4(c5cc(C(C)(C)C)cc(CBr)c5O)CC(CC)(C1)C24C3. The lowest BCUT2D eigenvalue weighted by Crippen LogP contribution is -2.80. The number of phenolic OH excluding ortho intramolecular Hbond substituents is 1. The molecule has 5 unspecified atom stereocenters. The Balaban J connectivity index is 1.73. The number of benzene rings is 1. The molecule has 0 radical (unpaired) electrons. The summed E-state index contributed by atoms with van der Waals surface area (Å²) in [5.41, 5.74) is 5.72. The van der Waals surface area contributed by atoms with Gasteiger partial charge in [-0.05, 0) is 78.1 Å². The second kappa shape index (κ2) is 5.15. The van der Waals surface area contributed by atoms with Gasteiger partial charge in [-0.1, -0.05) is 62.7 Å². The number of alkyl halides is 1. The summed E-state index contributed by atoms with van der Waals surface area (Å²) in [5.74, 6) is 1.48. The van der Waals surface area contributed by atoms with Crippen LogP contribution in [-0.2, 0) is 16.2 Å². The number of hydrogen-bond donors (Lipinski definition) is 1. The molecule has 0 saturated heterocycles. The zero-order chi connectivity index (χ0) is 19.5. The van der Waals surface area contributed by atoms with E-state index in [1.54, 1.807) is 0 Å². The number of rotatable bonds is 4. The summed E-state index contributed by atoms with van der Waals surface area (Å²) in [4.78, 5) is 0. The van der Waals surface area contributed by atoms with E-state index < -0.39 is 0 Å². The molecule has 1 aromatic carbocycles. The molecule has 148 valence electrons. The number of halogens is 1. The van der Waals surface area contributed by atoms with Crippen molar-refractivity contribution in [3.63, 3.8) is 0 Å². The van der Waals surface area contributed by atoms with Crippen LogP contribution in [0.25, 0.3) is 0 Å². The minimum Gasteiger partial charge on any atom is -0.507 e. The fraction of sp³-hybridized carbons (Fsp3) is 0.760. The van der Waals surface area contributed by atoms with Crippen LogP contribution in [0.4, 0.5) is 0 Å². The molecule has 2 heteroatoms. The van der Waals surface area contributed by atoms with E-state index >= 15 is 0 Å². The lowest BCUT2D eigenvalue weighted by Gasteiger charge is -2.85. The van der Waals surface area contributed by atoms with Crippen molar-refractivity contribution in [1.82, 2.24) is 0 Å². The van der Waals surface area contributed by atoms with E-state index in [1.165, 1.54) is 56.1 Å². The molecule has 1 spiro atoms. The fourth-order valence-corrected chi connectivity index (χ4v) is 9.65. The van der Waals surface area contributed by atoms with E-state index in [0.29, 0.717) is 22.0 Å². The molecular formula is C25H35BrO. The van der Waals surface area contributed by atoms with Gasteiger partial charge >= 0.3 is 0 Å². The van der Waals surface area contributed by atoms with Gasteiger partial charge in [-0.25, -0.2) is 0 Å². The molecule has 1 nitrogen and oxygen atoms in total. The van der Waals surface area contributed by atoms with Gasteiger partial charge in [0.25, 0.3) is 0 Å². The summed E-state index contributed by atoms with van der Waals surface area (Å²) in [6.07, 6.45) is 9.63. The van der Waals surface area contributed by atoms with Crippen LogP contribution in [0.3, 0.4) is 0 Å². The summed E-state index contributed by atoms with van der Waals surface area (Å²) in [6.45, 7) is 11.8. The van der Waals surface area contributed by atoms with Crippen molar-refractivity contribution in [2.24, 2.45) is 22.2 Å². The first-order valence-corrected chi connectivity index (χ1v) is 12.2. The van der Waals surface area contributed by atoms with Gasteiger partial charge in [-0.3, -0.25) is 0 Å². The Bertz CT molecular complexity index is 822. The van der Waals surface area contributed by atoms with E-state index in [1.807, 2.05) is 0 Å². The largest absolute Gasteiger partial charge is 0.507 e. The monoisotopic (exact) mass is 430 g/mol. The van der Waals surface area contributed by atoms with Crippen molar-refractivity contribution in [2.75, 3.05) is 0 Å². The second-order valence-corrected chi connectivity index (χ2v) is 12.1. The Morgan fingerprint density at radius 3 is 2.33 bits per heavy atom. The molecule has 4 saturated carbocycles. The number of aromatic hydroxyl groups is 1. The molecular weight excluding hydrogens is 396 g/mol. The summed E-state index contributed by atoms with van der Waals surface area (Å²) in [6, 6.07) is 4.64. The predicted molar refractivity (Wildman–Crippen MR) is 116 cm³/mol. The topological polar surface area (TPSA) is 20.2 Å². The lowest BCUT2D eigenvalue weighted by atomic mass is 9.18. The molecule has 5 atom stereocenters. The van der Waals surface area contributed by atoms with Crippen molar-refractivity contribution in [2.45, 2.75) is 95.7 Å². The molecule has 0 heterocycles. The maximum Gasteiger partial charge on any atom is 0.123 e. The highest BCUT2D eigenvalue weighted by Crippen LogP contribution is 2.97. The lowest BCUT2D eigenvalue weighted by molar-refractivity contribution is -0.335. The minimum atomic E-state index is 0.109. The first-order valence-electron chi connectivity index (χ1n) is 11.1. The van der Waals surface area contributed by atoms with Crippen molar-refractivity contribution in [3.8, 4) is 5.75 Å². The predicted octanol–water partition coefficient (Wildman–Crippen LogP) is 7.22. The van der Waals surface area contributed by atoms with Gasteiger partial charge in [0.1, 0.15) is 5.75 Å². The Morgan fingerprint density at radius 1 is 1.04 bits per heavy atom. The zero-order valence-corrected chi connectivity index (χ0v) is 19.3. The first kappa shape index (κ1) is 18.5. The first-order chi connectivity index (χ1) is 12.6. The van der Waals surface area contributed by atoms with Gasteiger partial charge in [0, 0.05) is 21.9 Å². The van der Waals surface area contributed by atoms with Gasteiger partial charge in [0.15, 0.2) is 0 Å². The Morgan fingerprint density at radius 2 is 1.74 bits per heavy atom. The third kappa shape index (κ3) is 1.76. The Labute approximate surface area is 173 Å². The molecule has 4 aliphatic rings. The van der Waals surface area contributed by atoms with Gasteiger partial charge in [-0.2, -0.15) is 0 Å². The number of phenols is 1. The number of hydrogen-bond acceptors (Lipinski definition) is 1. The van der Waals surface area contributed by atoms with Gasteiger partial charge in [0.05, 0.1) is 0 Å². The molecule has 4 fully saturated rings. The minimum absolute atomic E-state index is 0.109. The quantitative estimate of drug-likeness (QED) is 0.499. The van der Waals surface area contributed by atoms with E-state index in [2.05, 4.69) is 62.7 Å². The Hall–Kier alpha value is -0.500. The number of fused-ring (bicyclic) bond motifs is 1. The van der Waals surface area contributed by atoms with Gasteiger partial charge in [-0.15, -0.1) is 0 Å². The molecule has 0 amide bonds. The molecule has 0 aromatic heterocycles. The van der Waals surface area contributed by atoms with Crippen LogP contribution in [0.1, 0.15) is 96.3 Å². The van der Waals surface area contributed by atoms with Crippen LogP contribution in [0.2, 0.25) is 0 Å². The van der Waals surface area contributed by atoms with Crippen molar-refractivity contribution >= 4 is 15.9 Å². The summed E-state index contributed by atoms with van der Waals surface area (Å²) in [5, 5.41) is 12.1. The fourth-order valence-electron chi connectivity index (χ4n) is 9.22.